The molecule has 0 spiro atoms. The third-order valence-corrected chi connectivity index (χ3v) is 5.09. The van der Waals surface area contributed by atoms with Crippen molar-refractivity contribution in [3.8, 4) is 0 Å². The van der Waals surface area contributed by atoms with Crippen LogP contribution in [0.5, 0.6) is 0 Å². The molecule has 1 aliphatic carbocycles. The van der Waals surface area contributed by atoms with Crippen LogP contribution >= 0.6 is 0 Å². The zero-order valence-electron chi connectivity index (χ0n) is 10.7. The van der Waals surface area contributed by atoms with Crippen LogP contribution in [0.2, 0.25) is 0 Å². The van der Waals surface area contributed by atoms with E-state index in [0.29, 0.717) is 5.41 Å². The second kappa shape index (κ2) is 4.30. The minimum absolute atomic E-state index is 0.677. The van der Waals surface area contributed by atoms with Gasteiger partial charge in [0.2, 0.25) is 0 Å². The summed E-state index contributed by atoms with van der Waals surface area (Å²) >= 11 is 0. The molecule has 2 saturated heterocycles. The van der Waals surface area contributed by atoms with Gasteiger partial charge < -0.3 is 0 Å². The third-order valence-electron chi connectivity index (χ3n) is 5.09. The molecule has 0 radical (unpaired) electrons. The van der Waals surface area contributed by atoms with Crippen LogP contribution < -0.4 is 0 Å². The molecule has 2 aliphatic heterocycles. The van der Waals surface area contributed by atoms with Gasteiger partial charge in [0.15, 0.2) is 0 Å². The van der Waals surface area contributed by atoms with Crippen molar-refractivity contribution in [1.82, 2.24) is 9.80 Å². The molecular formula is C14H26N2. The van der Waals surface area contributed by atoms with Gasteiger partial charge in [-0.15, -0.1) is 0 Å². The van der Waals surface area contributed by atoms with Crippen molar-refractivity contribution in [2.75, 3.05) is 32.7 Å². The van der Waals surface area contributed by atoms with Crippen molar-refractivity contribution in [3.05, 3.63) is 0 Å². The molecule has 16 heavy (non-hydrogen) atoms. The van der Waals surface area contributed by atoms with Gasteiger partial charge in [0.1, 0.15) is 0 Å². The molecule has 0 aromatic heterocycles. The normalized spacial score (nSPS) is 35.4. The number of piperazine rings is 1. The van der Waals surface area contributed by atoms with Crippen molar-refractivity contribution in [2.45, 2.75) is 51.5 Å². The lowest BCUT2D eigenvalue weighted by atomic mass is 9.70. The van der Waals surface area contributed by atoms with Gasteiger partial charge >= 0.3 is 0 Å². The molecule has 0 amide bonds. The van der Waals surface area contributed by atoms with Gasteiger partial charge in [0.05, 0.1) is 0 Å². The number of hydrogen-bond donors (Lipinski definition) is 0. The van der Waals surface area contributed by atoms with Crippen LogP contribution in [-0.2, 0) is 0 Å². The first-order valence-electron chi connectivity index (χ1n) is 7.22. The number of nitrogens with zero attached hydrogens (tertiary/aromatic N) is 2. The Morgan fingerprint density at radius 2 is 1.94 bits per heavy atom. The van der Waals surface area contributed by atoms with Crippen molar-refractivity contribution in [2.24, 2.45) is 5.41 Å². The molecule has 92 valence electrons. The zero-order chi connectivity index (χ0) is 11.0. The monoisotopic (exact) mass is 222 g/mol. The first-order chi connectivity index (χ1) is 7.75. The van der Waals surface area contributed by atoms with E-state index >= 15 is 0 Å². The molecular weight excluding hydrogens is 196 g/mol. The summed E-state index contributed by atoms with van der Waals surface area (Å²) in [5.74, 6) is 0. The van der Waals surface area contributed by atoms with E-state index < -0.39 is 0 Å². The SMILES string of the molecule is CC1(CN2CCN3CCCCC3C2)CCC1. The van der Waals surface area contributed by atoms with Gasteiger partial charge in [-0.2, -0.15) is 0 Å². The summed E-state index contributed by atoms with van der Waals surface area (Å²) in [6.07, 6.45) is 8.77. The maximum absolute atomic E-state index is 2.76. The molecule has 1 atom stereocenters. The van der Waals surface area contributed by atoms with Crippen LogP contribution in [0.1, 0.15) is 45.4 Å². The van der Waals surface area contributed by atoms with Crippen LogP contribution in [0, 0.1) is 5.41 Å². The van der Waals surface area contributed by atoms with E-state index in [0.717, 1.165) is 6.04 Å². The molecule has 0 bridgehead atoms. The lowest BCUT2D eigenvalue weighted by Crippen LogP contribution is -2.56. The Hall–Kier alpha value is -0.0800. The van der Waals surface area contributed by atoms with Gasteiger partial charge in [-0.3, -0.25) is 9.80 Å². The van der Waals surface area contributed by atoms with E-state index in [2.05, 4.69) is 16.7 Å². The lowest BCUT2D eigenvalue weighted by Gasteiger charge is -2.48. The van der Waals surface area contributed by atoms with E-state index in [-0.39, 0.29) is 0 Å². The molecule has 1 saturated carbocycles. The Kier molecular flexibility index (Phi) is 2.97. The minimum Gasteiger partial charge on any atom is -0.300 e. The maximum atomic E-state index is 2.76. The summed E-state index contributed by atoms with van der Waals surface area (Å²) in [7, 11) is 0. The highest BCUT2D eigenvalue weighted by Gasteiger charge is 2.36. The minimum atomic E-state index is 0.677. The molecule has 3 aliphatic rings. The van der Waals surface area contributed by atoms with Crippen LogP contribution in [0.25, 0.3) is 0 Å². The van der Waals surface area contributed by atoms with Crippen molar-refractivity contribution in [3.63, 3.8) is 0 Å². The largest absolute Gasteiger partial charge is 0.300 e. The first-order valence-corrected chi connectivity index (χ1v) is 7.22. The molecule has 2 nitrogen and oxygen atoms in total. The fourth-order valence-electron chi connectivity index (χ4n) is 3.84. The number of piperidine rings is 1. The van der Waals surface area contributed by atoms with Crippen molar-refractivity contribution >= 4 is 0 Å². The Balaban J connectivity index is 1.54. The first kappa shape index (κ1) is 11.0. The number of hydrogen-bond acceptors (Lipinski definition) is 2. The molecule has 3 fully saturated rings. The highest BCUT2D eigenvalue weighted by Crippen LogP contribution is 2.41. The smallest absolute Gasteiger partial charge is 0.0223 e. The van der Waals surface area contributed by atoms with Crippen molar-refractivity contribution < 1.29 is 0 Å². The predicted octanol–water partition coefficient (Wildman–Crippen LogP) is 2.35. The Morgan fingerprint density at radius 3 is 2.69 bits per heavy atom. The fourth-order valence-corrected chi connectivity index (χ4v) is 3.84. The maximum Gasteiger partial charge on any atom is 0.0223 e. The average molecular weight is 222 g/mol. The number of rotatable bonds is 2. The summed E-state index contributed by atoms with van der Waals surface area (Å²) in [6.45, 7) is 9.25. The van der Waals surface area contributed by atoms with Crippen molar-refractivity contribution in [1.29, 1.82) is 0 Å². The third kappa shape index (κ3) is 2.14. The fraction of sp³-hybridized carbons (Fsp3) is 1.00. The number of fused-ring (bicyclic) bond motifs is 1. The Morgan fingerprint density at radius 1 is 1.06 bits per heavy atom. The quantitative estimate of drug-likeness (QED) is 0.707. The van der Waals surface area contributed by atoms with E-state index in [1.54, 1.807) is 0 Å². The standard InChI is InChI=1S/C14H26N2/c1-14(6-4-7-14)12-15-9-10-16-8-3-2-5-13(16)11-15/h13H,2-12H2,1H3. The van der Waals surface area contributed by atoms with E-state index in [1.165, 1.54) is 71.2 Å². The van der Waals surface area contributed by atoms with E-state index in [9.17, 15) is 0 Å². The van der Waals surface area contributed by atoms with E-state index in [4.69, 9.17) is 0 Å². The summed E-state index contributed by atoms with van der Waals surface area (Å²) in [6, 6.07) is 0.895. The van der Waals surface area contributed by atoms with E-state index in [1.807, 2.05) is 0 Å². The molecule has 3 rings (SSSR count). The van der Waals surface area contributed by atoms with Crippen LogP contribution in [0.15, 0.2) is 0 Å². The highest BCUT2D eigenvalue weighted by atomic mass is 15.3. The van der Waals surface area contributed by atoms with Gasteiger partial charge in [-0.25, -0.2) is 0 Å². The van der Waals surface area contributed by atoms with Crippen LogP contribution in [0.3, 0.4) is 0 Å². The average Bonchev–Trinajstić information content (AvgIpc) is 2.27. The molecule has 0 N–H and O–H groups in total. The van der Waals surface area contributed by atoms with Gasteiger partial charge in [0.25, 0.3) is 0 Å². The predicted molar refractivity (Wildman–Crippen MR) is 67.6 cm³/mol. The molecule has 2 heteroatoms. The summed E-state index contributed by atoms with van der Waals surface area (Å²) in [4.78, 5) is 5.49. The van der Waals surface area contributed by atoms with Gasteiger partial charge in [0, 0.05) is 32.2 Å². The van der Waals surface area contributed by atoms with Crippen LogP contribution in [0.4, 0.5) is 0 Å². The van der Waals surface area contributed by atoms with Gasteiger partial charge in [-0.05, 0) is 37.6 Å². The summed E-state index contributed by atoms with van der Waals surface area (Å²) < 4.78 is 0. The summed E-state index contributed by atoms with van der Waals surface area (Å²) in [5.41, 5.74) is 0.677. The second-order valence-electron chi connectivity index (χ2n) is 6.58. The lowest BCUT2D eigenvalue weighted by molar-refractivity contribution is 0.00938. The van der Waals surface area contributed by atoms with Crippen LogP contribution in [-0.4, -0.2) is 48.6 Å². The Bertz CT molecular complexity index is 247. The molecule has 0 aromatic carbocycles. The Labute approximate surface area is 100.0 Å². The van der Waals surface area contributed by atoms with Gasteiger partial charge in [-0.1, -0.05) is 19.8 Å². The molecule has 2 heterocycles. The zero-order valence-corrected chi connectivity index (χ0v) is 10.7. The second-order valence-corrected chi connectivity index (χ2v) is 6.58. The molecule has 1 unspecified atom stereocenters. The summed E-state index contributed by atoms with van der Waals surface area (Å²) in [5, 5.41) is 0. The topological polar surface area (TPSA) is 6.48 Å². The highest BCUT2D eigenvalue weighted by molar-refractivity contribution is 4.91. The molecule has 0 aromatic rings.